The Morgan fingerprint density at radius 3 is 2.92 bits per heavy atom. The number of aliphatic carboxylic acids is 1. The lowest BCUT2D eigenvalue weighted by Gasteiger charge is -2.31. The van der Waals surface area contributed by atoms with Crippen molar-refractivity contribution in [1.82, 2.24) is 4.90 Å². The second-order valence-electron chi connectivity index (χ2n) is 3.33. The molecule has 0 aromatic carbocycles. The third-order valence-electron chi connectivity index (χ3n) is 2.40. The number of carbonyl (C=O) groups is 1. The van der Waals surface area contributed by atoms with Crippen molar-refractivity contribution < 1.29 is 9.90 Å². The van der Waals surface area contributed by atoms with Gasteiger partial charge < -0.3 is 5.11 Å². The van der Waals surface area contributed by atoms with E-state index in [1.807, 2.05) is 18.7 Å². The van der Waals surface area contributed by atoms with Gasteiger partial charge in [0.15, 0.2) is 0 Å². The number of thioether (sulfide) groups is 1. The summed E-state index contributed by atoms with van der Waals surface area (Å²) in [4.78, 5) is 12.6. The summed E-state index contributed by atoms with van der Waals surface area (Å²) in [6.45, 7) is 3.07. The summed E-state index contributed by atoms with van der Waals surface area (Å²) in [5.41, 5.74) is 0. The van der Waals surface area contributed by atoms with Gasteiger partial charge in [-0.25, -0.2) is 0 Å². The summed E-state index contributed by atoms with van der Waals surface area (Å²) < 4.78 is 0. The zero-order valence-electron chi connectivity index (χ0n) is 8.03. The van der Waals surface area contributed by atoms with Crippen LogP contribution >= 0.6 is 11.8 Å². The van der Waals surface area contributed by atoms with Crippen LogP contribution in [0.3, 0.4) is 0 Å². The number of hydrogen-bond donors (Lipinski definition) is 1. The van der Waals surface area contributed by atoms with Gasteiger partial charge in [0.2, 0.25) is 0 Å². The zero-order valence-corrected chi connectivity index (χ0v) is 8.85. The van der Waals surface area contributed by atoms with Gasteiger partial charge in [0.1, 0.15) is 0 Å². The minimum atomic E-state index is -0.711. The monoisotopic (exact) mass is 203 g/mol. The molecule has 1 heterocycles. The third kappa shape index (κ3) is 3.56. The highest BCUT2D eigenvalue weighted by molar-refractivity contribution is 7.99. The van der Waals surface area contributed by atoms with Crippen LogP contribution in [0.15, 0.2) is 0 Å². The molecule has 0 radical (unpaired) electrons. The summed E-state index contributed by atoms with van der Waals surface area (Å²) in [5, 5.41) is 8.70. The Balaban J connectivity index is 2.39. The molecule has 1 unspecified atom stereocenters. The van der Waals surface area contributed by atoms with E-state index >= 15 is 0 Å². The Bertz CT molecular complexity index is 169. The molecule has 0 aromatic heterocycles. The second kappa shape index (κ2) is 5.50. The van der Waals surface area contributed by atoms with Crippen molar-refractivity contribution in [1.29, 1.82) is 0 Å². The highest BCUT2D eigenvalue weighted by atomic mass is 32.2. The van der Waals surface area contributed by atoms with Crippen molar-refractivity contribution in [3.8, 4) is 0 Å². The molecular weight excluding hydrogens is 186 g/mol. The third-order valence-corrected chi connectivity index (χ3v) is 3.60. The Kier molecular flexibility index (Phi) is 4.59. The van der Waals surface area contributed by atoms with E-state index in [0.717, 1.165) is 18.7 Å². The molecule has 1 fully saturated rings. The minimum absolute atomic E-state index is 0.196. The molecule has 1 rings (SSSR count). The average Bonchev–Trinajstić information content (AvgIpc) is 2.15. The van der Waals surface area contributed by atoms with Crippen molar-refractivity contribution in [3.63, 3.8) is 0 Å². The van der Waals surface area contributed by atoms with Crippen LogP contribution in [0.25, 0.3) is 0 Å². The van der Waals surface area contributed by atoms with E-state index in [9.17, 15) is 4.79 Å². The second-order valence-corrected chi connectivity index (χ2v) is 4.48. The molecule has 1 aliphatic heterocycles. The van der Waals surface area contributed by atoms with Crippen LogP contribution in [0.4, 0.5) is 0 Å². The van der Waals surface area contributed by atoms with E-state index in [2.05, 4.69) is 4.90 Å². The lowest BCUT2D eigenvalue weighted by Crippen LogP contribution is -2.41. The topological polar surface area (TPSA) is 40.5 Å². The summed E-state index contributed by atoms with van der Waals surface area (Å²) >= 11 is 1.94. The molecule has 1 N–H and O–H groups in total. The van der Waals surface area contributed by atoms with E-state index in [-0.39, 0.29) is 6.54 Å². The van der Waals surface area contributed by atoms with Gasteiger partial charge in [-0.05, 0) is 25.1 Å². The molecule has 0 amide bonds. The molecule has 0 bridgehead atoms. The standard InChI is InChI=1S/C9H17NO2S/c1-2-10(6-9(11)12)8-4-3-5-13-7-8/h8H,2-7H2,1H3,(H,11,12). The first-order valence-electron chi connectivity index (χ1n) is 4.77. The molecule has 1 atom stereocenters. The molecule has 0 spiro atoms. The number of carboxylic acid groups (broad SMARTS) is 1. The van der Waals surface area contributed by atoms with E-state index in [1.54, 1.807) is 0 Å². The first-order valence-corrected chi connectivity index (χ1v) is 5.93. The van der Waals surface area contributed by atoms with E-state index in [0.29, 0.717) is 6.04 Å². The summed E-state index contributed by atoms with van der Waals surface area (Å²) in [6, 6.07) is 0.486. The van der Waals surface area contributed by atoms with Gasteiger partial charge in [-0.2, -0.15) is 11.8 Å². The van der Waals surface area contributed by atoms with E-state index in [1.165, 1.54) is 12.2 Å². The zero-order chi connectivity index (χ0) is 9.68. The number of hydrogen-bond acceptors (Lipinski definition) is 3. The number of nitrogens with zero attached hydrogens (tertiary/aromatic N) is 1. The molecule has 0 aromatic rings. The quantitative estimate of drug-likeness (QED) is 0.747. The van der Waals surface area contributed by atoms with E-state index < -0.39 is 5.97 Å². The van der Waals surface area contributed by atoms with Crippen molar-refractivity contribution >= 4 is 17.7 Å². The smallest absolute Gasteiger partial charge is 0.317 e. The summed E-state index contributed by atoms with van der Waals surface area (Å²) in [7, 11) is 0. The SMILES string of the molecule is CCN(CC(=O)O)C1CCCSC1. The summed E-state index contributed by atoms with van der Waals surface area (Å²) in [6.07, 6.45) is 2.39. The van der Waals surface area contributed by atoms with Crippen molar-refractivity contribution in [2.75, 3.05) is 24.6 Å². The van der Waals surface area contributed by atoms with Crippen molar-refractivity contribution in [2.45, 2.75) is 25.8 Å². The maximum absolute atomic E-state index is 10.6. The van der Waals surface area contributed by atoms with Crippen LogP contribution in [-0.2, 0) is 4.79 Å². The van der Waals surface area contributed by atoms with Gasteiger partial charge in [-0.3, -0.25) is 9.69 Å². The molecule has 76 valence electrons. The molecule has 1 aliphatic rings. The van der Waals surface area contributed by atoms with Gasteiger partial charge >= 0.3 is 5.97 Å². The van der Waals surface area contributed by atoms with Crippen molar-refractivity contribution in [2.24, 2.45) is 0 Å². The fourth-order valence-corrected chi connectivity index (χ4v) is 2.87. The molecule has 0 saturated carbocycles. The van der Waals surface area contributed by atoms with Gasteiger partial charge in [-0.1, -0.05) is 6.92 Å². The van der Waals surface area contributed by atoms with Crippen LogP contribution in [-0.4, -0.2) is 46.6 Å². The molecular formula is C9H17NO2S. The number of likely N-dealkylation sites (N-methyl/N-ethyl adjacent to an activating group) is 1. The molecule has 13 heavy (non-hydrogen) atoms. The first-order chi connectivity index (χ1) is 6.24. The largest absolute Gasteiger partial charge is 0.480 e. The Hall–Kier alpha value is -0.220. The van der Waals surface area contributed by atoms with Crippen LogP contribution in [0.1, 0.15) is 19.8 Å². The average molecular weight is 203 g/mol. The number of rotatable bonds is 4. The predicted octanol–water partition coefficient (Wildman–Crippen LogP) is 1.29. The maximum atomic E-state index is 10.6. The van der Waals surface area contributed by atoms with Gasteiger partial charge in [0, 0.05) is 11.8 Å². The molecule has 4 heteroatoms. The Labute approximate surface area is 83.5 Å². The predicted molar refractivity (Wildman–Crippen MR) is 55.2 cm³/mol. The lowest BCUT2D eigenvalue weighted by molar-refractivity contribution is -0.138. The maximum Gasteiger partial charge on any atom is 0.317 e. The lowest BCUT2D eigenvalue weighted by atomic mass is 10.1. The first kappa shape index (κ1) is 10.9. The fraction of sp³-hybridized carbons (Fsp3) is 0.889. The van der Waals surface area contributed by atoms with Gasteiger partial charge in [0.05, 0.1) is 6.54 Å². The van der Waals surface area contributed by atoms with Crippen LogP contribution in [0.5, 0.6) is 0 Å². The van der Waals surface area contributed by atoms with Crippen LogP contribution in [0, 0.1) is 0 Å². The van der Waals surface area contributed by atoms with E-state index in [4.69, 9.17) is 5.11 Å². The minimum Gasteiger partial charge on any atom is -0.480 e. The molecule has 3 nitrogen and oxygen atoms in total. The normalized spacial score (nSPS) is 23.4. The van der Waals surface area contributed by atoms with Gasteiger partial charge in [-0.15, -0.1) is 0 Å². The fourth-order valence-electron chi connectivity index (χ4n) is 1.68. The molecule has 1 saturated heterocycles. The Morgan fingerprint density at radius 1 is 1.69 bits per heavy atom. The molecule has 0 aliphatic carbocycles. The Morgan fingerprint density at radius 2 is 2.46 bits per heavy atom. The van der Waals surface area contributed by atoms with Crippen LogP contribution < -0.4 is 0 Å². The van der Waals surface area contributed by atoms with Gasteiger partial charge in [0.25, 0.3) is 0 Å². The highest BCUT2D eigenvalue weighted by Crippen LogP contribution is 2.21. The summed E-state index contributed by atoms with van der Waals surface area (Å²) in [5.74, 6) is 1.62. The number of carboxylic acids is 1. The van der Waals surface area contributed by atoms with Crippen LogP contribution in [0.2, 0.25) is 0 Å². The highest BCUT2D eigenvalue weighted by Gasteiger charge is 2.21. The van der Waals surface area contributed by atoms with Crippen molar-refractivity contribution in [3.05, 3.63) is 0 Å².